The quantitative estimate of drug-likeness (QED) is 0.427. The van der Waals surface area contributed by atoms with E-state index in [9.17, 15) is 26.3 Å². The second-order valence-corrected chi connectivity index (χ2v) is 2.62. The first-order chi connectivity index (χ1) is 6.21. The van der Waals surface area contributed by atoms with Gasteiger partial charge in [0.25, 0.3) is 0 Å². The van der Waals surface area contributed by atoms with Crippen molar-refractivity contribution in [1.29, 1.82) is 0 Å². The summed E-state index contributed by atoms with van der Waals surface area (Å²) in [7, 11) is 0. The van der Waals surface area contributed by atoms with Crippen LogP contribution in [0.3, 0.4) is 0 Å². The van der Waals surface area contributed by atoms with Crippen LogP contribution in [0.4, 0.5) is 26.3 Å². The molecule has 0 aliphatic heterocycles. The standard InChI is InChI=1S/C8H4F6/c9-7(10,11)5-2-1-3-6(4-5)8(12,13)14/h1-2H,3H2. The molecule has 0 fully saturated rings. The summed E-state index contributed by atoms with van der Waals surface area (Å²) in [6.45, 7) is 0. The Kier molecular flexibility index (Phi) is 2.50. The molecule has 0 N–H and O–H groups in total. The van der Waals surface area contributed by atoms with E-state index in [-0.39, 0.29) is 0 Å². The van der Waals surface area contributed by atoms with Crippen LogP contribution in [0.25, 0.3) is 0 Å². The van der Waals surface area contributed by atoms with E-state index >= 15 is 0 Å². The Hall–Kier alpha value is -1.16. The van der Waals surface area contributed by atoms with Gasteiger partial charge in [-0.2, -0.15) is 26.3 Å². The lowest BCUT2D eigenvalue weighted by molar-refractivity contribution is -0.0954. The van der Waals surface area contributed by atoms with Gasteiger partial charge in [-0.25, -0.2) is 0 Å². The second-order valence-electron chi connectivity index (χ2n) is 2.62. The first kappa shape index (κ1) is 10.9. The largest absolute Gasteiger partial charge is 0.423 e. The molecule has 0 unspecified atom stereocenters. The minimum absolute atomic E-state index is 0.566. The van der Waals surface area contributed by atoms with Gasteiger partial charge in [0.1, 0.15) is 0 Å². The molecular formula is C8H4F6. The summed E-state index contributed by atoms with van der Waals surface area (Å²) in [5, 5.41) is 0. The highest BCUT2D eigenvalue weighted by Crippen LogP contribution is 2.34. The van der Waals surface area contributed by atoms with Gasteiger partial charge in [-0.15, -0.1) is 0 Å². The van der Waals surface area contributed by atoms with E-state index in [1.165, 1.54) is 5.73 Å². The van der Waals surface area contributed by atoms with Crippen molar-refractivity contribution >= 4 is 0 Å². The molecule has 0 spiro atoms. The average molecular weight is 214 g/mol. The third-order valence-corrected chi connectivity index (χ3v) is 1.54. The van der Waals surface area contributed by atoms with Gasteiger partial charge in [0.15, 0.2) is 0 Å². The lowest BCUT2D eigenvalue weighted by atomic mass is 10.1. The van der Waals surface area contributed by atoms with Crippen molar-refractivity contribution in [3.63, 3.8) is 0 Å². The van der Waals surface area contributed by atoms with E-state index in [1.54, 1.807) is 0 Å². The molecule has 1 aliphatic rings. The second kappa shape index (κ2) is 3.20. The number of halogens is 6. The van der Waals surface area contributed by atoms with Crippen LogP contribution < -0.4 is 0 Å². The molecule has 0 saturated carbocycles. The number of hydrogen-bond donors (Lipinski definition) is 0. The Balaban J connectivity index is 3.18. The zero-order chi connectivity index (χ0) is 11.0. The van der Waals surface area contributed by atoms with Gasteiger partial charge < -0.3 is 0 Å². The van der Waals surface area contributed by atoms with Crippen LogP contribution in [-0.4, -0.2) is 12.4 Å². The Labute approximate surface area is 75.2 Å². The molecule has 0 aromatic heterocycles. The topological polar surface area (TPSA) is 0 Å². The molecule has 0 nitrogen and oxygen atoms in total. The van der Waals surface area contributed by atoms with Gasteiger partial charge in [-0.3, -0.25) is 0 Å². The van der Waals surface area contributed by atoms with Gasteiger partial charge in [0, 0.05) is 6.42 Å². The minimum Gasteiger partial charge on any atom is -0.166 e. The first-order valence-electron chi connectivity index (χ1n) is 3.52. The van der Waals surface area contributed by atoms with Crippen molar-refractivity contribution in [2.45, 2.75) is 18.8 Å². The molecule has 0 saturated heterocycles. The third-order valence-electron chi connectivity index (χ3n) is 1.54. The van der Waals surface area contributed by atoms with Crippen molar-refractivity contribution in [2.24, 2.45) is 0 Å². The molecule has 1 rings (SSSR count). The van der Waals surface area contributed by atoms with Crippen molar-refractivity contribution in [2.75, 3.05) is 0 Å². The summed E-state index contributed by atoms with van der Waals surface area (Å²) in [5.41, 5.74) is -1.36. The fraction of sp³-hybridized carbons (Fsp3) is 0.375. The van der Waals surface area contributed by atoms with Gasteiger partial charge in [0.2, 0.25) is 0 Å². The average Bonchev–Trinajstić information content (AvgIpc) is 2.01. The van der Waals surface area contributed by atoms with Crippen LogP contribution in [0.1, 0.15) is 6.42 Å². The SMILES string of the molecule is FC(F)(F)C1=C=C(C(F)(F)F)CC=C1. The molecule has 0 radical (unpaired) electrons. The molecule has 0 aromatic rings. The Bertz CT molecular complexity index is 321. The van der Waals surface area contributed by atoms with E-state index in [1.807, 2.05) is 0 Å². The van der Waals surface area contributed by atoms with Crippen LogP contribution in [0.5, 0.6) is 0 Å². The monoisotopic (exact) mass is 214 g/mol. The predicted octanol–water partition coefficient (Wildman–Crippen LogP) is 3.52. The highest BCUT2D eigenvalue weighted by atomic mass is 19.4. The summed E-state index contributed by atoms with van der Waals surface area (Å²) in [6.07, 6.45) is -8.69. The van der Waals surface area contributed by atoms with E-state index in [0.717, 1.165) is 6.08 Å². The van der Waals surface area contributed by atoms with Crippen LogP contribution >= 0.6 is 0 Å². The molecule has 1 aliphatic carbocycles. The fourth-order valence-corrected chi connectivity index (χ4v) is 0.902. The molecule has 0 heterocycles. The molecule has 0 bridgehead atoms. The smallest absolute Gasteiger partial charge is 0.166 e. The Morgan fingerprint density at radius 2 is 1.57 bits per heavy atom. The van der Waals surface area contributed by atoms with E-state index < -0.39 is 29.9 Å². The zero-order valence-electron chi connectivity index (χ0n) is 6.63. The van der Waals surface area contributed by atoms with Crippen LogP contribution in [0, 0.1) is 0 Å². The van der Waals surface area contributed by atoms with Gasteiger partial charge >= 0.3 is 12.4 Å². The minimum atomic E-state index is -4.78. The van der Waals surface area contributed by atoms with Gasteiger partial charge in [0.05, 0.1) is 11.1 Å². The number of rotatable bonds is 0. The number of allylic oxidation sites excluding steroid dienone is 3. The normalized spacial score (nSPS) is 17.9. The lowest BCUT2D eigenvalue weighted by Crippen LogP contribution is -2.15. The number of alkyl halides is 6. The van der Waals surface area contributed by atoms with Crippen LogP contribution in [0.15, 0.2) is 29.0 Å². The maximum atomic E-state index is 12.0. The Morgan fingerprint density at radius 1 is 1.00 bits per heavy atom. The molecule has 14 heavy (non-hydrogen) atoms. The van der Waals surface area contributed by atoms with Crippen molar-refractivity contribution in [1.82, 2.24) is 0 Å². The fourth-order valence-electron chi connectivity index (χ4n) is 0.902. The third kappa shape index (κ3) is 2.42. The molecule has 0 amide bonds. The van der Waals surface area contributed by atoms with Gasteiger partial charge in [-0.1, -0.05) is 11.8 Å². The highest BCUT2D eigenvalue weighted by molar-refractivity contribution is 5.32. The Morgan fingerprint density at radius 3 is 2.00 bits per heavy atom. The summed E-state index contributed by atoms with van der Waals surface area (Å²) in [4.78, 5) is 0. The number of hydrogen-bond acceptors (Lipinski definition) is 0. The molecular weight excluding hydrogens is 210 g/mol. The zero-order valence-corrected chi connectivity index (χ0v) is 6.63. The summed E-state index contributed by atoms with van der Waals surface area (Å²) in [5.74, 6) is 0. The summed E-state index contributed by atoms with van der Waals surface area (Å²) >= 11 is 0. The van der Waals surface area contributed by atoms with Crippen molar-refractivity contribution in [3.05, 3.63) is 29.0 Å². The van der Waals surface area contributed by atoms with E-state index in [4.69, 9.17) is 0 Å². The highest BCUT2D eigenvalue weighted by Gasteiger charge is 2.38. The maximum absolute atomic E-state index is 12.0. The summed E-state index contributed by atoms with van der Waals surface area (Å²) in [6, 6.07) is 0. The summed E-state index contributed by atoms with van der Waals surface area (Å²) < 4.78 is 71.9. The molecule has 0 aromatic carbocycles. The van der Waals surface area contributed by atoms with Crippen LogP contribution in [0.2, 0.25) is 0 Å². The lowest BCUT2D eigenvalue weighted by Gasteiger charge is -2.12. The predicted molar refractivity (Wildman–Crippen MR) is 36.4 cm³/mol. The molecule has 6 heteroatoms. The van der Waals surface area contributed by atoms with E-state index in [0.29, 0.717) is 6.08 Å². The van der Waals surface area contributed by atoms with Crippen molar-refractivity contribution < 1.29 is 26.3 Å². The van der Waals surface area contributed by atoms with Crippen LogP contribution in [-0.2, 0) is 0 Å². The molecule has 78 valence electrons. The van der Waals surface area contributed by atoms with Gasteiger partial charge in [-0.05, 0) is 6.08 Å². The first-order valence-corrected chi connectivity index (χ1v) is 3.52. The maximum Gasteiger partial charge on any atom is 0.423 e. The molecule has 0 atom stereocenters. The van der Waals surface area contributed by atoms with Crippen molar-refractivity contribution in [3.8, 4) is 0 Å². The van der Waals surface area contributed by atoms with E-state index in [2.05, 4.69) is 0 Å².